The average Bonchev–Trinajstić information content (AvgIpc) is 2.82. The minimum absolute atomic E-state index is 0. The molecule has 3 aromatic carbocycles. The quantitative estimate of drug-likeness (QED) is 0.216. The lowest BCUT2D eigenvalue weighted by Gasteiger charge is -2.19. The number of hydrogen-bond acceptors (Lipinski definition) is 7. The van der Waals surface area contributed by atoms with Crippen LogP contribution in [0.4, 0.5) is 23.5 Å². The molecule has 0 bridgehead atoms. The Morgan fingerprint density at radius 3 is 2.44 bits per heavy atom. The third-order valence-corrected chi connectivity index (χ3v) is 5.70. The van der Waals surface area contributed by atoms with E-state index in [-0.39, 0.29) is 12.4 Å². The molecule has 9 heteroatoms. The summed E-state index contributed by atoms with van der Waals surface area (Å²) in [5, 5.41) is 10.6. The lowest BCUT2D eigenvalue weighted by molar-refractivity contribution is 0.814. The Labute approximate surface area is 210 Å². The van der Waals surface area contributed by atoms with Crippen molar-refractivity contribution in [3.05, 3.63) is 76.8 Å². The molecule has 0 atom stereocenters. The Hall–Kier alpha value is -3.42. The van der Waals surface area contributed by atoms with Crippen molar-refractivity contribution in [1.82, 2.24) is 15.0 Å². The molecule has 4 rings (SSSR count). The minimum atomic E-state index is 0. The van der Waals surface area contributed by atoms with E-state index in [1.807, 2.05) is 49.4 Å². The summed E-state index contributed by atoms with van der Waals surface area (Å²) in [5.74, 6) is 1.33. The third-order valence-electron chi connectivity index (χ3n) is 5.29. The predicted octanol–water partition coefficient (Wildman–Crippen LogP) is 6.44. The van der Waals surface area contributed by atoms with Crippen LogP contribution in [-0.2, 0) is 0 Å². The monoisotopic (exact) mass is 495 g/mol. The number of hydrazone groups is 1. The first-order valence-corrected chi connectivity index (χ1v) is 11.3. The molecule has 34 heavy (non-hydrogen) atoms. The summed E-state index contributed by atoms with van der Waals surface area (Å²) in [4.78, 5) is 15.7. The van der Waals surface area contributed by atoms with Gasteiger partial charge in [-0.25, -0.2) is 5.43 Å². The van der Waals surface area contributed by atoms with Crippen LogP contribution in [0.5, 0.6) is 0 Å². The molecule has 0 aliphatic carbocycles. The lowest BCUT2D eigenvalue weighted by atomic mass is 10.1. The summed E-state index contributed by atoms with van der Waals surface area (Å²) in [6.07, 6.45) is 1.77. The second-order valence-electron chi connectivity index (χ2n) is 7.48. The summed E-state index contributed by atoms with van der Waals surface area (Å²) in [5.41, 5.74) is 5.77. The van der Waals surface area contributed by atoms with Crippen molar-refractivity contribution in [2.75, 3.05) is 28.7 Å². The summed E-state index contributed by atoms with van der Waals surface area (Å²) < 4.78 is 0. The van der Waals surface area contributed by atoms with E-state index in [0.29, 0.717) is 22.9 Å². The number of hydrogen-bond donors (Lipinski definition) is 2. The standard InChI is InChI=1S/C25H26ClN7.ClH/c1-4-33(5-2)25-30-23(28-20-14-13-17(3)22(26)15-20)29-24(31-25)32-27-16-19-11-8-10-18-9-6-7-12-21(18)19;/h6-16H,4-5H2,1-3H3,(H2,28,29,30,31,32);1H/b27-16+;. The normalized spacial score (nSPS) is 10.8. The maximum Gasteiger partial charge on any atom is 0.250 e. The van der Waals surface area contributed by atoms with Crippen molar-refractivity contribution < 1.29 is 0 Å². The molecular formula is C25H27Cl2N7. The highest BCUT2D eigenvalue weighted by molar-refractivity contribution is 6.31. The molecule has 0 spiro atoms. The fraction of sp³-hybridized carbons (Fsp3) is 0.200. The zero-order valence-electron chi connectivity index (χ0n) is 19.3. The number of aromatic nitrogens is 3. The van der Waals surface area contributed by atoms with Gasteiger partial charge in [-0.3, -0.25) is 0 Å². The lowest BCUT2D eigenvalue weighted by Crippen LogP contribution is -2.25. The molecule has 0 aliphatic rings. The Morgan fingerprint density at radius 1 is 0.941 bits per heavy atom. The Balaban J connectivity index is 0.00000324. The van der Waals surface area contributed by atoms with Crippen LogP contribution < -0.4 is 15.6 Å². The van der Waals surface area contributed by atoms with E-state index in [4.69, 9.17) is 11.6 Å². The van der Waals surface area contributed by atoms with E-state index < -0.39 is 0 Å². The predicted molar refractivity (Wildman–Crippen MR) is 145 cm³/mol. The molecule has 176 valence electrons. The van der Waals surface area contributed by atoms with Crippen LogP contribution >= 0.6 is 24.0 Å². The van der Waals surface area contributed by atoms with Crippen molar-refractivity contribution >= 4 is 64.5 Å². The number of fused-ring (bicyclic) bond motifs is 1. The number of nitrogens with one attached hydrogen (secondary N) is 2. The van der Waals surface area contributed by atoms with Crippen molar-refractivity contribution in [3.8, 4) is 0 Å². The van der Waals surface area contributed by atoms with Crippen molar-refractivity contribution in [2.24, 2.45) is 5.10 Å². The van der Waals surface area contributed by atoms with Gasteiger partial charge in [0.05, 0.1) is 6.21 Å². The fourth-order valence-electron chi connectivity index (χ4n) is 3.44. The van der Waals surface area contributed by atoms with Gasteiger partial charge in [0.15, 0.2) is 0 Å². The smallest absolute Gasteiger partial charge is 0.250 e. The summed E-state index contributed by atoms with van der Waals surface area (Å²) in [7, 11) is 0. The molecule has 1 aromatic heterocycles. The maximum atomic E-state index is 6.27. The van der Waals surface area contributed by atoms with E-state index in [0.717, 1.165) is 40.7 Å². The van der Waals surface area contributed by atoms with E-state index in [2.05, 4.69) is 67.7 Å². The molecular weight excluding hydrogens is 469 g/mol. The number of rotatable bonds is 8. The zero-order chi connectivity index (χ0) is 23.2. The van der Waals surface area contributed by atoms with Crippen LogP contribution in [-0.4, -0.2) is 34.3 Å². The fourth-order valence-corrected chi connectivity index (χ4v) is 3.62. The van der Waals surface area contributed by atoms with E-state index in [1.165, 1.54) is 0 Å². The molecule has 1 heterocycles. The van der Waals surface area contributed by atoms with Gasteiger partial charge in [-0.15, -0.1) is 12.4 Å². The second-order valence-corrected chi connectivity index (χ2v) is 7.89. The average molecular weight is 496 g/mol. The van der Waals surface area contributed by atoms with Crippen LogP contribution in [0.25, 0.3) is 10.8 Å². The molecule has 0 unspecified atom stereocenters. The first kappa shape index (κ1) is 25.2. The summed E-state index contributed by atoms with van der Waals surface area (Å²) >= 11 is 6.27. The van der Waals surface area contributed by atoms with Crippen LogP contribution in [0.2, 0.25) is 5.02 Å². The van der Waals surface area contributed by atoms with E-state index >= 15 is 0 Å². The van der Waals surface area contributed by atoms with E-state index in [1.54, 1.807) is 6.21 Å². The number of anilines is 4. The van der Waals surface area contributed by atoms with E-state index in [9.17, 15) is 0 Å². The van der Waals surface area contributed by atoms with Crippen molar-refractivity contribution in [2.45, 2.75) is 20.8 Å². The Bertz CT molecular complexity index is 1280. The maximum absolute atomic E-state index is 6.27. The highest BCUT2D eigenvalue weighted by Crippen LogP contribution is 2.23. The van der Waals surface area contributed by atoms with Crippen LogP contribution in [0.1, 0.15) is 25.0 Å². The molecule has 0 fully saturated rings. The van der Waals surface area contributed by atoms with Gasteiger partial charge in [-0.2, -0.15) is 20.1 Å². The highest BCUT2D eigenvalue weighted by atomic mass is 35.5. The Morgan fingerprint density at radius 2 is 1.68 bits per heavy atom. The van der Waals surface area contributed by atoms with Gasteiger partial charge in [-0.05, 0) is 49.2 Å². The second kappa shape index (κ2) is 11.6. The third kappa shape index (κ3) is 5.92. The van der Waals surface area contributed by atoms with Crippen molar-refractivity contribution in [3.63, 3.8) is 0 Å². The van der Waals surface area contributed by atoms with Gasteiger partial charge < -0.3 is 10.2 Å². The number of nitrogens with zero attached hydrogens (tertiary/aromatic N) is 5. The van der Waals surface area contributed by atoms with Crippen LogP contribution in [0, 0.1) is 6.92 Å². The summed E-state index contributed by atoms with van der Waals surface area (Å²) in [6.45, 7) is 7.63. The highest BCUT2D eigenvalue weighted by Gasteiger charge is 2.12. The number of aryl methyl sites for hydroxylation is 1. The van der Waals surface area contributed by atoms with Crippen LogP contribution in [0.3, 0.4) is 0 Å². The molecule has 0 saturated heterocycles. The molecule has 0 amide bonds. The van der Waals surface area contributed by atoms with Gasteiger partial charge in [0.25, 0.3) is 0 Å². The molecule has 7 nitrogen and oxygen atoms in total. The van der Waals surface area contributed by atoms with Crippen molar-refractivity contribution in [1.29, 1.82) is 0 Å². The zero-order valence-corrected chi connectivity index (χ0v) is 20.9. The van der Waals surface area contributed by atoms with Gasteiger partial charge in [-0.1, -0.05) is 60.1 Å². The molecule has 2 N–H and O–H groups in total. The SMILES string of the molecule is CCN(CC)c1nc(N/N=C/c2cccc3ccccc23)nc(Nc2ccc(C)c(Cl)c2)n1.Cl. The first-order valence-electron chi connectivity index (χ1n) is 10.9. The van der Waals surface area contributed by atoms with Gasteiger partial charge in [0.1, 0.15) is 0 Å². The van der Waals surface area contributed by atoms with Gasteiger partial charge >= 0.3 is 0 Å². The number of benzene rings is 3. The first-order chi connectivity index (χ1) is 16.1. The summed E-state index contributed by atoms with van der Waals surface area (Å²) in [6, 6.07) is 20.1. The molecule has 0 saturated carbocycles. The number of halogens is 2. The van der Waals surface area contributed by atoms with Gasteiger partial charge in [0.2, 0.25) is 17.8 Å². The molecule has 0 radical (unpaired) electrons. The molecule has 4 aromatic rings. The minimum Gasteiger partial charge on any atom is -0.341 e. The van der Waals surface area contributed by atoms with Gasteiger partial charge in [0, 0.05) is 29.4 Å². The van der Waals surface area contributed by atoms with Crippen LogP contribution in [0.15, 0.2) is 65.8 Å². The molecule has 0 aliphatic heterocycles. The topological polar surface area (TPSA) is 78.3 Å². The Kier molecular flexibility index (Phi) is 8.62. The largest absolute Gasteiger partial charge is 0.341 e.